The highest BCUT2D eigenvalue weighted by Gasteiger charge is 2.25. The average molecular weight is 432 g/mol. The molecule has 1 aliphatic rings. The van der Waals surface area contributed by atoms with Crippen LogP contribution in [0.2, 0.25) is 0 Å². The Morgan fingerprint density at radius 2 is 2.00 bits per heavy atom. The van der Waals surface area contributed by atoms with E-state index in [-0.39, 0.29) is 6.10 Å². The summed E-state index contributed by atoms with van der Waals surface area (Å²) in [6, 6.07) is 17.1. The number of guanidine groups is 1. The van der Waals surface area contributed by atoms with E-state index < -0.39 is 0 Å². The molecule has 0 saturated carbocycles. The number of morpholine rings is 1. The van der Waals surface area contributed by atoms with Crippen molar-refractivity contribution in [3.63, 3.8) is 0 Å². The molecule has 168 valence electrons. The zero-order valence-corrected chi connectivity index (χ0v) is 19.3. The third-order valence-corrected chi connectivity index (χ3v) is 5.92. The van der Waals surface area contributed by atoms with Crippen molar-refractivity contribution < 1.29 is 4.74 Å². The minimum Gasteiger partial charge on any atom is -0.370 e. The average Bonchev–Trinajstić information content (AvgIpc) is 3.21. The monoisotopic (exact) mass is 431 g/mol. The van der Waals surface area contributed by atoms with E-state index in [1.165, 1.54) is 22.3 Å². The van der Waals surface area contributed by atoms with Gasteiger partial charge in [-0.15, -0.1) is 0 Å². The highest BCUT2D eigenvalue weighted by atomic mass is 16.5. The van der Waals surface area contributed by atoms with Gasteiger partial charge >= 0.3 is 0 Å². The van der Waals surface area contributed by atoms with Crippen LogP contribution in [0.5, 0.6) is 0 Å². The lowest BCUT2D eigenvalue weighted by molar-refractivity contribution is -0.00834. The van der Waals surface area contributed by atoms with Crippen molar-refractivity contribution in [2.75, 3.05) is 26.2 Å². The SMILES string of the molecule is CCNC(=NCc1cccc(Cn2ccnc2C)c1)N1CCOC(c2ccccc2C)C1. The zero-order valence-electron chi connectivity index (χ0n) is 19.3. The summed E-state index contributed by atoms with van der Waals surface area (Å²) in [6.07, 6.45) is 3.93. The predicted octanol–water partition coefficient (Wildman–Crippen LogP) is 4.09. The van der Waals surface area contributed by atoms with Crippen LogP contribution in [0.25, 0.3) is 0 Å². The van der Waals surface area contributed by atoms with E-state index in [2.05, 4.69) is 82.1 Å². The largest absolute Gasteiger partial charge is 0.370 e. The summed E-state index contributed by atoms with van der Waals surface area (Å²) in [5.74, 6) is 1.98. The number of rotatable bonds is 6. The van der Waals surface area contributed by atoms with Crippen molar-refractivity contribution in [3.8, 4) is 0 Å². The van der Waals surface area contributed by atoms with Crippen LogP contribution in [-0.4, -0.2) is 46.7 Å². The molecule has 0 spiro atoms. The van der Waals surface area contributed by atoms with Crippen LogP contribution >= 0.6 is 0 Å². The second kappa shape index (κ2) is 10.5. The number of nitrogens with one attached hydrogen (secondary N) is 1. The summed E-state index contributed by atoms with van der Waals surface area (Å²) < 4.78 is 8.27. The molecule has 6 heteroatoms. The third kappa shape index (κ3) is 5.37. The fourth-order valence-corrected chi connectivity index (χ4v) is 4.16. The van der Waals surface area contributed by atoms with Crippen LogP contribution < -0.4 is 5.32 Å². The molecule has 2 aromatic carbocycles. The molecular weight excluding hydrogens is 398 g/mol. The lowest BCUT2D eigenvalue weighted by Crippen LogP contribution is -2.48. The Kier molecular flexibility index (Phi) is 7.22. The van der Waals surface area contributed by atoms with Crippen molar-refractivity contribution in [1.29, 1.82) is 0 Å². The van der Waals surface area contributed by atoms with Crippen LogP contribution in [0.15, 0.2) is 65.9 Å². The highest BCUT2D eigenvalue weighted by molar-refractivity contribution is 5.80. The lowest BCUT2D eigenvalue weighted by Gasteiger charge is -2.35. The van der Waals surface area contributed by atoms with Gasteiger partial charge in [-0.3, -0.25) is 0 Å². The fourth-order valence-electron chi connectivity index (χ4n) is 4.16. The van der Waals surface area contributed by atoms with Crippen LogP contribution in [0.4, 0.5) is 0 Å². The van der Waals surface area contributed by atoms with Gasteiger partial charge in [-0.1, -0.05) is 48.5 Å². The first-order valence-electron chi connectivity index (χ1n) is 11.4. The van der Waals surface area contributed by atoms with Crippen molar-refractivity contribution in [2.24, 2.45) is 4.99 Å². The number of nitrogens with zero attached hydrogens (tertiary/aromatic N) is 4. The van der Waals surface area contributed by atoms with Gasteiger partial charge in [0.25, 0.3) is 0 Å². The molecule has 1 aromatic heterocycles. The van der Waals surface area contributed by atoms with E-state index in [1.807, 2.05) is 19.3 Å². The number of hydrogen-bond acceptors (Lipinski definition) is 3. The summed E-state index contributed by atoms with van der Waals surface area (Å²) >= 11 is 0. The Labute approximate surface area is 191 Å². The normalized spacial score (nSPS) is 16.9. The second-order valence-corrected chi connectivity index (χ2v) is 8.25. The molecule has 32 heavy (non-hydrogen) atoms. The molecule has 1 unspecified atom stereocenters. The minimum atomic E-state index is 0.0653. The van der Waals surface area contributed by atoms with Gasteiger partial charge in [0.15, 0.2) is 5.96 Å². The molecule has 3 aromatic rings. The van der Waals surface area contributed by atoms with Crippen LogP contribution in [0.3, 0.4) is 0 Å². The highest BCUT2D eigenvalue weighted by Crippen LogP contribution is 2.25. The number of aryl methyl sites for hydroxylation is 2. The maximum atomic E-state index is 6.11. The van der Waals surface area contributed by atoms with Crippen molar-refractivity contribution in [3.05, 3.63) is 89.0 Å². The van der Waals surface area contributed by atoms with E-state index in [9.17, 15) is 0 Å². The summed E-state index contributed by atoms with van der Waals surface area (Å²) in [5.41, 5.74) is 5.00. The van der Waals surface area contributed by atoms with E-state index in [0.717, 1.165) is 38.0 Å². The van der Waals surface area contributed by atoms with Crippen molar-refractivity contribution in [2.45, 2.75) is 40.0 Å². The number of imidazole rings is 1. The van der Waals surface area contributed by atoms with Gasteiger partial charge in [-0.2, -0.15) is 0 Å². The van der Waals surface area contributed by atoms with E-state index in [4.69, 9.17) is 9.73 Å². The number of hydrogen-bond donors (Lipinski definition) is 1. The molecule has 1 atom stereocenters. The molecule has 6 nitrogen and oxygen atoms in total. The van der Waals surface area contributed by atoms with Gasteiger partial charge in [0.1, 0.15) is 11.9 Å². The molecule has 1 saturated heterocycles. The van der Waals surface area contributed by atoms with Crippen molar-refractivity contribution in [1.82, 2.24) is 19.8 Å². The molecule has 4 rings (SSSR count). The molecular formula is C26H33N5O. The Balaban J connectivity index is 1.46. The smallest absolute Gasteiger partial charge is 0.194 e. The first kappa shape index (κ1) is 22.1. The Morgan fingerprint density at radius 1 is 1.16 bits per heavy atom. The fraction of sp³-hybridized carbons (Fsp3) is 0.385. The van der Waals surface area contributed by atoms with Gasteiger partial charge < -0.3 is 19.5 Å². The van der Waals surface area contributed by atoms with Gasteiger partial charge in [0.05, 0.1) is 19.7 Å². The van der Waals surface area contributed by atoms with Gasteiger partial charge in [0.2, 0.25) is 0 Å². The first-order valence-corrected chi connectivity index (χ1v) is 11.4. The number of ether oxygens (including phenoxy) is 1. The molecule has 0 radical (unpaired) electrons. The van der Waals surface area contributed by atoms with Crippen LogP contribution in [-0.2, 0) is 17.8 Å². The van der Waals surface area contributed by atoms with Crippen LogP contribution in [0.1, 0.15) is 41.1 Å². The van der Waals surface area contributed by atoms with Crippen molar-refractivity contribution >= 4 is 5.96 Å². The number of aliphatic imine (C=N–C) groups is 1. The molecule has 0 bridgehead atoms. The lowest BCUT2D eigenvalue weighted by atomic mass is 10.0. The molecule has 1 fully saturated rings. The molecule has 2 heterocycles. The molecule has 0 amide bonds. The maximum absolute atomic E-state index is 6.11. The van der Waals surface area contributed by atoms with Crippen LogP contribution in [0, 0.1) is 13.8 Å². The van der Waals surface area contributed by atoms with Gasteiger partial charge in [-0.05, 0) is 43.0 Å². The summed E-state index contributed by atoms with van der Waals surface area (Å²) in [6.45, 7) is 10.9. The maximum Gasteiger partial charge on any atom is 0.194 e. The molecule has 0 aliphatic carbocycles. The molecule has 1 N–H and O–H groups in total. The quantitative estimate of drug-likeness (QED) is 0.472. The number of aromatic nitrogens is 2. The predicted molar refractivity (Wildman–Crippen MR) is 129 cm³/mol. The second-order valence-electron chi connectivity index (χ2n) is 8.25. The Hall–Kier alpha value is -3.12. The van der Waals surface area contributed by atoms with E-state index >= 15 is 0 Å². The van der Waals surface area contributed by atoms with Gasteiger partial charge in [0, 0.05) is 32.0 Å². The summed E-state index contributed by atoms with van der Waals surface area (Å²) in [7, 11) is 0. The van der Waals surface area contributed by atoms with E-state index in [1.54, 1.807) is 0 Å². The Morgan fingerprint density at radius 3 is 2.78 bits per heavy atom. The third-order valence-electron chi connectivity index (χ3n) is 5.92. The zero-order chi connectivity index (χ0) is 22.3. The summed E-state index contributed by atoms with van der Waals surface area (Å²) in [5, 5.41) is 3.48. The summed E-state index contributed by atoms with van der Waals surface area (Å²) in [4.78, 5) is 11.6. The first-order chi connectivity index (χ1) is 15.6. The minimum absolute atomic E-state index is 0.0653. The van der Waals surface area contributed by atoms with Gasteiger partial charge in [-0.25, -0.2) is 9.98 Å². The topological polar surface area (TPSA) is 54.7 Å². The van der Waals surface area contributed by atoms with E-state index in [0.29, 0.717) is 13.2 Å². The molecule has 1 aliphatic heterocycles. The Bertz CT molecular complexity index is 1060. The standard InChI is InChI=1S/C26H33N5O/c1-4-27-26(31-14-15-32-25(19-31)24-11-6-5-8-20(24)2)29-17-22-9-7-10-23(16-22)18-30-13-12-28-21(30)3/h5-13,16,25H,4,14-15,17-19H2,1-3H3,(H,27,29). The number of benzene rings is 2.